The Balaban J connectivity index is 2.26. The summed E-state index contributed by atoms with van der Waals surface area (Å²) in [6, 6.07) is 8.93. The summed E-state index contributed by atoms with van der Waals surface area (Å²) in [5.41, 5.74) is 11.4. The number of rotatable bonds is 5. The molecule has 0 aliphatic carbocycles. The lowest BCUT2D eigenvalue weighted by atomic mass is 10.2. The first-order valence-electron chi connectivity index (χ1n) is 4.36. The fourth-order valence-corrected chi connectivity index (χ4v) is 0.960. The molecule has 0 bridgehead atoms. The maximum atomic E-state index is 10.6. The SMILES string of the molecule is NC(=O)C(N)COCc1ccccc1. The molecule has 1 rings (SSSR count). The highest BCUT2D eigenvalue weighted by atomic mass is 16.5. The van der Waals surface area contributed by atoms with Gasteiger partial charge in [-0.3, -0.25) is 4.79 Å². The maximum Gasteiger partial charge on any atom is 0.236 e. The van der Waals surface area contributed by atoms with Crippen LogP contribution in [0.1, 0.15) is 5.56 Å². The smallest absolute Gasteiger partial charge is 0.236 e. The number of benzene rings is 1. The third kappa shape index (κ3) is 3.55. The molecule has 1 atom stereocenters. The number of nitrogens with two attached hydrogens (primary N) is 2. The van der Waals surface area contributed by atoms with Crippen molar-refractivity contribution >= 4 is 5.91 Å². The van der Waals surface area contributed by atoms with Gasteiger partial charge in [0.25, 0.3) is 0 Å². The fourth-order valence-electron chi connectivity index (χ4n) is 0.960. The fraction of sp³-hybridized carbons (Fsp3) is 0.300. The monoisotopic (exact) mass is 194 g/mol. The van der Waals surface area contributed by atoms with Crippen molar-refractivity contribution in [1.82, 2.24) is 0 Å². The molecule has 0 aliphatic heterocycles. The Labute approximate surface area is 82.8 Å². The Hall–Kier alpha value is -1.39. The van der Waals surface area contributed by atoms with Crippen molar-refractivity contribution in [2.75, 3.05) is 6.61 Å². The normalized spacial score (nSPS) is 12.4. The predicted octanol–water partition coefficient (Wildman–Crippen LogP) is 0.0158. The van der Waals surface area contributed by atoms with E-state index >= 15 is 0 Å². The predicted molar refractivity (Wildman–Crippen MR) is 53.3 cm³/mol. The first kappa shape index (κ1) is 10.7. The number of carbonyl (C=O) groups excluding carboxylic acids is 1. The quantitative estimate of drug-likeness (QED) is 0.693. The Kier molecular flexibility index (Phi) is 4.10. The highest BCUT2D eigenvalue weighted by Crippen LogP contribution is 2.00. The van der Waals surface area contributed by atoms with Crippen LogP contribution >= 0.6 is 0 Å². The molecule has 0 aromatic heterocycles. The van der Waals surface area contributed by atoms with Crippen LogP contribution in [0.4, 0.5) is 0 Å². The van der Waals surface area contributed by atoms with E-state index in [1.165, 1.54) is 0 Å². The van der Waals surface area contributed by atoms with Gasteiger partial charge in [0.2, 0.25) is 5.91 Å². The average Bonchev–Trinajstić information content (AvgIpc) is 2.19. The standard InChI is InChI=1S/C10H14N2O2/c11-9(10(12)13)7-14-6-8-4-2-1-3-5-8/h1-5,9H,6-7,11H2,(H2,12,13). The molecule has 0 saturated heterocycles. The molecule has 14 heavy (non-hydrogen) atoms. The third-order valence-electron chi connectivity index (χ3n) is 1.77. The molecule has 0 fully saturated rings. The number of carbonyl (C=O) groups is 1. The highest BCUT2D eigenvalue weighted by molar-refractivity contribution is 5.79. The summed E-state index contributed by atoms with van der Waals surface area (Å²) < 4.78 is 5.22. The van der Waals surface area contributed by atoms with Crippen LogP contribution in [0.25, 0.3) is 0 Å². The molecule has 1 aromatic carbocycles. The summed E-state index contributed by atoms with van der Waals surface area (Å²) in [4.78, 5) is 10.6. The maximum absolute atomic E-state index is 10.6. The van der Waals surface area contributed by atoms with Gasteiger partial charge in [-0.1, -0.05) is 30.3 Å². The minimum atomic E-state index is -0.723. The number of hydrogen-bond acceptors (Lipinski definition) is 3. The van der Waals surface area contributed by atoms with Crippen molar-refractivity contribution in [2.24, 2.45) is 11.5 Å². The molecule has 1 unspecified atom stereocenters. The van der Waals surface area contributed by atoms with Crippen LogP contribution in [-0.2, 0) is 16.1 Å². The minimum Gasteiger partial charge on any atom is -0.375 e. The van der Waals surface area contributed by atoms with Gasteiger partial charge >= 0.3 is 0 Å². The summed E-state index contributed by atoms with van der Waals surface area (Å²) in [5.74, 6) is -0.543. The molecular weight excluding hydrogens is 180 g/mol. The lowest BCUT2D eigenvalue weighted by Crippen LogP contribution is -2.40. The molecule has 0 heterocycles. The zero-order valence-corrected chi connectivity index (χ0v) is 7.85. The summed E-state index contributed by atoms with van der Waals surface area (Å²) in [5, 5.41) is 0. The Bertz CT molecular complexity index is 287. The molecule has 0 saturated carbocycles. The van der Waals surface area contributed by atoms with Crippen LogP contribution < -0.4 is 11.5 Å². The Morgan fingerprint density at radius 3 is 2.57 bits per heavy atom. The van der Waals surface area contributed by atoms with E-state index in [9.17, 15) is 4.79 Å². The van der Waals surface area contributed by atoms with Crippen molar-refractivity contribution in [1.29, 1.82) is 0 Å². The number of hydrogen-bond donors (Lipinski definition) is 2. The zero-order chi connectivity index (χ0) is 10.4. The lowest BCUT2D eigenvalue weighted by molar-refractivity contribution is -0.120. The van der Waals surface area contributed by atoms with Gasteiger partial charge in [-0.2, -0.15) is 0 Å². The third-order valence-corrected chi connectivity index (χ3v) is 1.77. The van der Waals surface area contributed by atoms with E-state index in [0.717, 1.165) is 5.56 Å². The second kappa shape index (κ2) is 5.36. The van der Waals surface area contributed by atoms with E-state index in [-0.39, 0.29) is 6.61 Å². The van der Waals surface area contributed by atoms with Crippen LogP contribution in [0.2, 0.25) is 0 Å². The van der Waals surface area contributed by atoms with Crippen molar-refractivity contribution in [3.63, 3.8) is 0 Å². The minimum absolute atomic E-state index is 0.157. The van der Waals surface area contributed by atoms with Crippen molar-refractivity contribution < 1.29 is 9.53 Å². The average molecular weight is 194 g/mol. The molecule has 4 N–H and O–H groups in total. The molecule has 1 aromatic rings. The number of amides is 1. The van der Waals surface area contributed by atoms with Gasteiger partial charge < -0.3 is 16.2 Å². The largest absolute Gasteiger partial charge is 0.375 e. The van der Waals surface area contributed by atoms with Crippen LogP contribution in [0.3, 0.4) is 0 Å². The lowest BCUT2D eigenvalue weighted by Gasteiger charge is -2.08. The van der Waals surface area contributed by atoms with Crippen LogP contribution in [-0.4, -0.2) is 18.6 Å². The molecule has 4 heteroatoms. The summed E-state index contributed by atoms with van der Waals surface area (Å²) in [7, 11) is 0. The van der Waals surface area contributed by atoms with Crippen LogP contribution in [0, 0.1) is 0 Å². The van der Waals surface area contributed by atoms with Gasteiger partial charge in [0.15, 0.2) is 0 Å². The molecule has 0 spiro atoms. The second-order valence-electron chi connectivity index (χ2n) is 3.01. The zero-order valence-electron chi connectivity index (χ0n) is 7.85. The summed E-state index contributed by atoms with van der Waals surface area (Å²) in [6.45, 7) is 0.603. The summed E-state index contributed by atoms with van der Waals surface area (Å²) >= 11 is 0. The van der Waals surface area contributed by atoms with Gasteiger partial charge in [-0.15, -0.1) is 0 Å². The first-order valence-corrected chi connectivity index (χ1v) is 4.36. The molecule has 1 amide bonds. The van der Waals surface area contributed by atoms with E-state index < -0.39 is 11.9 Å². The highest BCUT2D eigenvalue weighted by Gasteiger charge is 2.08. The topological polar surface area (TPSA) is 78.3 Å². The van der Waals surface area contributed by atoms with E-state index in [1.54, 1.807) is 0 Å². The van der Waals surface area contributed by atoms with E-state index in [4.69, 9.17) is 16.2 Å². The molecule has 0 radical (unpaired) electrons. The molecular formula is C10H14N2O2. The molecule has 76 valence electrons. The number of ether oxygens (including phenoxy) is 1. The van der Waals surface area contributed by atoms with Crippen molar-refractivity contribution in [3.05, 3.63) is 35.9 Å². The van der Waals surface area contributed by atoms with Gasteiger partial charge in [0.05, 0.1) is 13.2 Å². The van der Waals surface area contributed by atoms with Crippen LogP contribution in [0.15, 0.2) is 30.3 Å². The second-order valence-corrected chi connectivity index (χ2v) is 3.01. The molecule has 4 nitrogen and oxygen atoms in total. The van der Waals surface area contributed by atoms with Gasteiger partial charge in [0, 0.05) is 0 Å². The van der Waals surface area contributed by atoms with Gasteiger partial charge in [-0.05, 0) is 5.56 Å². The summed E-state index contributed by atoms with van der Waals surface area (Å²) in [6.07, 6.45) is 0. The van der Waals surface area contributed by atoms with Gasteiger partial charge in [-0.25, -0.2) is 0 Å². The Morgan fingerprint density at radius 1 is 1.36 bits per heavy atom. The van der Waals surface area contributed by atoms with Crippen LogP contribution in [0.5, 0.6) is 0 Å². The van der Waals surface area contributed by atoms with Gasteiger partial charge in [0.1, 0.15) is 6.04 Å². The first-order chi connectivity index (χ1) is 6.70. The number of primary amides is 1. The van der Waals surface area contributed by atoms with E-state index in [2.05, 4.69) is 0 Å². The van der Waals surface area contributed by atoms with Crippen molar-refractivity contribution in [3.8, 4) is 0 Å². The Morgan fingerprint density at radius 2 is 2.00 bits per heavy atom. The van der Waals surface area contributed by atoms with Crippen molar-refractivity contribution in [2.45, 2.75) is 12.6 Å². The van der Waals surface area contributed by atoms with E-state index in [0.29, 0.717) is 6.61 Å². The molecule has 0 aliphatic rings. The van der Waals surface area contributed by atoms with E-state index in [1.807, 2.05) is 30.3 Å².